The Morgan fingerprint density at radius 3 is 2.06 bits per heavy atom. The Kier molecular flexibility index (Phi) is 7.86. The van der Waals surface area contributed by atoms with Gasteiger partial charge in [-0.3, -0.25) is 0 Å². The summed E-state index contributed by atoms with van der Waals surface area (Å²) >= 11 is 0. The third-order valence-corrected chi connectivity index (χ3v) is 2.76. The third kappa shape index (κ3) is 4.50. The van der Waals surface area contributed by atoms with Crippen LogP contribution < -0.4 is 37.7 Å². The maximum atomic E-state index is 4.05. The van der Waals surface area contributed by atoms with E-state index < -0.39 is 0 Å². The first-order chi connectivity index (χ1) is 7.27. The molecule has 0 saturated carbocycles. The molecule has 0 N–H and O–H groups in total. The maximum absolute atomic E-state index is 4.05. The molecule has 1 aromatic rings. The van der Waals surface area contributed by atoms with E-state index in [0.29, 0.717) is 11.8 Å². The van der Waals surface area contributed by atoms with Crippen LogP contribution >= 0.6 is 0 Å². The molecule has 78 valence electrons. The van der Waals surface area contributed by atoms with Crippen molar-refractivity contribution in [1.29, 1.82) is 0 Å². The van der Waals surface area contributed by atoms with Gasteiger partial charge in [-0.2, -0.15) is 5.92 Å². The molecule has 1 aromatic carbocycles. The SMILES string of the molecule is [CH2-]C(C)C1C=C[C-](c2ccccc2)C=C1.[Li+].[Li+]. The molecule has 0 heterocycles. The van der Waals surface area contributed by atoms with Crippen LogP contribution in [0.1, 0.15) is 12.5 Å². The topological polar surface area (TPSA) is 0 Å². The Morgan fingerprint density at radius 1 is 1.06 bits per heavy atom. The first-order valence-electron chi connectivity index (χ1n) is 5.39. The van der Waals surface area contributed by atoms with Crippen LogP contribution in [0.4, 0.5) is 0 Å². The van der Waals surface area contributed by atoms with Crippen LogP contribution in [0.25, 0.3) is 0 Å². The molecule has 0 fully saturated rings. The van der Waals surface area contributed by atoms with Gasteiger partial charge < -0.3 is 6.92 Å². The Hall–Kier alpha value is -0.235. The molecule has 0 aromatic heterocycles. The fourth-order valence-electron chi connectivity index (χ4n) is 1.75. The fraction of sp³-hybridized carbons (Fsp3) is 0.200. The fourth-order valence-corrected chi connectivity index (χ4v) is 1.75. The van der Waals surface area contributed by atoms with Gasteiger partial charge in [0.25, 0.3) is 0 Å². The third-order valence-electron chi connectivity index (χ3n) is 2.76. The summed E-state index contributed by atoms with van der Waals surface area (Å²) < 4.78 is 0. The summed E-state index contributed by atoms with van der Waals surface area (Å²) in [6.07, 6.45) is 8.86. The molecule has 0 aliphatic heterocycles. The monoisotopic (exact) mass is 210 g/mol. The minimum Gasteiger partial charge on any atom is -0.341 e. The zero-order valence-electron chi connectivity index (χ0n) is 11.1. The summed E-state index contributed by atoms with van der Waals surface area (Å²) in [7, 11) is 0. The first kappa shape index (κ1) is 16.8. The van der Waals surface area contributed by atoms with Crippen molar-refractivity contribution >= 4 is 0 Å². The smallest absolute Gasteiger partial charge is 0.341 e. The minimum atomic E-state index is 0. The van der Waals surface area contributed by atoms with Crippen molar-refractivity contribution in [2.45, 2.75) is 6.92 Å². The van der Waals surface area contributed by atoms with Gasteiger partial charge >= 0.3 is 37.7 Å². The van der Waals surface area contributed by atoms with Crippen molar-refractivity contribution in [3.63, 3.8) is 0 Å². The minimum absolute atomic E-state index is 0. The van der Waals surface area contributed by atoms with E-state index in [2.05, 4.69) is 62.4 Å². The predicted octanol–water partition coefficient (Wildman–Crippen LogP) is -2.17. The van der Waals surface area contributed by atoms with Crippen LogP contribution in [0.15, 0.2) is 54.6 Å². The van der Waals surface area contributed by atoms with Crippen molar-refractivity contribution in [3.8, 4) is 0 Å². The first-order valence-corrected chi connectivity index (χ1v) is 5.39. The van der Waals surface area contributed by atoms with Crippen molar-refractivity contribution in [1.82, 2.24) is 0 Å². The number of hydrogen-bond donors (Lipinski definition) is 0. The van der Waals surface area contributed by atoms with Gasteiger partial charge in [-0.15, -0.1) is 42.0 Å². The molecule has 17 heavy (non-hydrogen) atoms. The molecule has 0 amide bonds. The van der Waals surface area contributed by atoms with Crippen molar-refractivity contribution in [3.05, 3.63) is 73.0 Å². The van der Waals surface area contributed by atoms with E-state index in [0.717, 1.165) is 0 Å². The average Bonchev–Trinajstić information content (AvgIpc) is 2.30. The number of benzene rings is 1. The number of hydrogen-bond acceptors (Lipinski definition) is 0. The molecule has 0 saturated heterocycles. The summed E-state index contributed by atoms with van der Waals surface area (Å²) in [6, 6.07) is 10.5. The second kappa shape index (κ2) is 7.97. The van der Waals surface area contributed by atoms with Crippen LogP contribution in [0.3, 0.4) is 0 Å². The van der Waals surface area contributed by atoms with E-state index in [1.54, 1.807) is 0 Å². The molecule has 0 nitrogen and oxygen atoms in total. The van der Waals surface area contributed by atoms with Gasteiger partial charge in [0, 0.05) is 0 Å². The van der Waals surface area contributed by atoms with Crippen molar-refractivity contribution in [2.75, 3.05) is 0 Å². The maximum Gasteiger partial charge on any atom is 1.00 e. The van der Waals surface area contributed by atoms with Crippen molar-refractivity contribution in [2.24, 2.45) is 11.8 Å². The van der Waals surface area contributed by atoms with Crippen molar-refractivity contribution < 1.29 is 37.7 Å². The quantitative estimate of drug-likeness (QED) is 0.385. The van der Waals surface area contributed by atoms with Gasteiger partial charge in [0.2, 0.25) is 0 Å². The van der Waals surface area contributed by atoms with Gasteiger partial charge in [0.15, 0.2) is 0 Å². The Morgan fingerprint density at radius 2 is 1.59 bits per heavy atom. The van der Waals surface area contributed by atoms with Gasteiger partial charge in [-0.1, -0.05) is 37.0 Å². The summed E-state index contributed by atoms with van der Waals surface area (Å²) in [4.78, 5) is 0. The summed E-state index contributed by atoms with van der Waals surface area (Å²) in [6.45, 7) is 6.19. The molecule has 2 heteroatoms. The van der Waals surface area contributed by atoms with Gasteiger partial charge in [-0.05, 0) is 0 Å². The molecule has 0 spiro atoms. The van der Waals surface area contributed by atoms with Gasteiger partial charge in [0.1, 0.15) is 0 Å². The van der Waals surface area contributed by atoms with Crippen LogP contribution in [0.2, 0.25) is 0 Å². The van der Waals surface area contributed by atoms with E-state index in [1.165, 1.54) is 11.5 Å². The Balaban J connectivity index is 0.00000128. The normalized spacial score (nSPS) is 16.0. The van der Waals surface area contributed by atoms with E-state index in [4.69, 9.17) is 0 Å². The Labute approximate surface area is 129 Å². The largest absolute Gasteiger partial charge is 1.00 e. The number of allylic oxidation sites excluding steroid dienone is 4. The van der Waals surface area contributed by atoms with E-state index >= 15 is 0 Å². The number of rotatable bonds is 2. The zero-order valence-corrected chi connectivity index (χ0v) is 11.1. The summed E-state index contributed by atoms with van der Waals surface area (Å²) in [5.74, 6) is 2.21. The van der Waals surface area contributed by atoms with Crippen LogP contribution in [-0.2, 0) is 0 Å². The Bertz CT molecular complexity index is 352. The molecule has 1 atom stereocenters. The van der Waals surface area contributed by atoms with E-state index in [9.17, 15) is 0 Å². The van der Waals surface area contributed by atoms with Crippen LogP contribution in [0.5, 0.6) is 0 Å². The average molecular weight is 210 g/mol. The van der Waals surface area contributed by atoms with E-state index in [-0.39, 0.29) is 37.7 Å². The second-order valence-corrected chi connectivity index (χ2v) is 4.09. The van der Waals surface area contributed by atoms with Crippen LogP contribution in [-0.4, -0.2) is 0 Å². The van der Waals surface area contributed by atoms with Gasteiger partial charge in [0.05, 0.1) is 0 Å². The molecule has 2 rings (SSSR count). The molecular formula is C15H16Li2. The van der Waals surface area contributed by atoms with Crippen LogP contribution in [0, 0.1) is 24.7 Å². The second-order valence-electron chi connectivity index (χ2n) is 4.09. The molecule has 1 unspecified atom stereocenters. The summed E-state index contributed by atoms with van der Waals surface area (Å²) in [5.41, 5.74) is 1.28. The molecule has 1 aliphatic carbocycles. The standard InChI is InChI=1S/C15H16.2Li/c1-12(2)13-8-10-15(11-9-13)14-6-4-3-5-7-14;;/h3-13H,1H2,2H3;;/q-2;2*+1. The molecule has 0 bridgehead atoms. The van der Waals surface area contributed by atoms with E-state index in [1.807, 2.05) is 6.07 Å². The van der Waals surface area contributed by atoms with Gasteiger partial charge in [-0.25, -0.2) is 0 Å². The molecular weight excluding hydrogens is 194 g/mol. The summed E-state index contributed by atoms with van der Waals surface area (Å²) in [5, 5.41) is 0. The molecule has 0 radical (unpaired) electrons. The predicted molar refractivity (Wildman–Crippen MR) is 65.1 cm³/mol. The zero-order chi connectivity index (χ0) is 10.7. The molecule has 1 aliphatic rings.